The maximum atomic E-state index is 10.8. The van der Waals surface area contributed by atoms with E-state index < -0.39 is 12.0 Å². The summed E-state index contributed by atoms with van der Waals surface area (Å²) < 4.78 is 1.58. The van der Waals surface area contributed by atoms with Crippen LogP contribution in [0.3, 0.4) is 0 Å². The van der Waals surface area contributed by atoms with E-state index in [1.807, 2.05) is 20.8 Å². The third-order valence-electron chi connectivity index (χ3n) is 2.55. The summed E-state index contributed by atoms with van der Waals surface area (Å²) in [5, 5.41) is 13.1. The smallest absolute Gasteiger partial charge is 0.328 e. The molecule has 0 unspecified atom stereocenters. The summed E-state index contributed by atoms with van der Waals surface area (Å²) >= 11 is 0. The molecule has 0 spiro atoms. The van der Waals surface area contributed by atoms with Gasteiger partial charge in [0.2, 0.25) is 0 Å². The molecule has 1 aromatic rings. The first-order chi connectivity index (χ1) is 6.49. The van der Waals surface area contributed by atoms with Crippen molar-refractivity contribution in [3.8, 4) is 0 Å². The molecule has 0 saturated carbocycles. The van der Waals surface area contributed by atoms with E-state index in [-0.39, 0.29) is 0 Å². The summed E-state index contributed by atoms with van der Waals surface area (Å²) in [6.07, 6.45) is 0.893. The number of hydrogen-bond acceptors (Lipinski definition) is 2. The number of carbonyl (C=O) groups is 1. The predicted molar refractivity (Wildman–Crippen MR) is 53.4 cm³/mol. The van der Waals surface area contributed by atoms with E-state index in [0.29, 0.717) is 0 Å². The lowest BCUT2D eigenvalue weighted by atomic mass is 10.1. The molecule has 0 aliphatic carbocycles. The van der Waals surface area contributed by atoms with Gasteiger partial charge in [0.15, 0.2) is 0 Å². The highest BCUT2D eigenvalue weighted by Crippen LogP contribution is 2.17. The van der Waals surface area contributed by atoms with Crippen molar-refractivity contribution in [3.05, 3.63) is 17.0 Å². The molecule has 1 aromatic heterocycles. The third kappa shape index (κ3) is 1.64. The van der Waals surface area contributed by atoms with Gasteiger partial charge in [-0.3, -0.25) is 4.68 Å². The highest BCUT2D eigenvalue weighted by Gasteiger charge is 2.19. The van der Waals surface area contributed by atoms with Gasteiger partial charge in [-0.15, -0.1) is 0 Å². The fourth-order valence-corrected chi connectivity index (χ4v) is 1.69. The fraction of sp³-hybridized carbons (Fsp3) is 0.600. The van der Waals surface area contributed by atoms with Gasteiger partial charge in [-0.1, -0.05) is 6.92 Å². The van der Waals surface area contributed by atoms with E-state index in [0.717, 1.165) is 23.4 Å². The molecule has 1 heterocycles. The van der Waals surface area contributed by atoms with Crippen LogP contribution < -0.4 is 0 Å². The predicted octanol–water partition coefficient (Wildman–Crippen LogP) is 1.71. The zero-order valence-electron chi connectivity index (χ0n) is 9.03. The molecule has 1 atom stereocenters. The lowest BCUT2D eigenvalue weighted by Gasteiger charge is -2.09. The Morgan fingerprint density at radius 2 is 2.14 bits per heavy atom. The maximum absolute atomic E-state index is 10.8. The van der Waals surface area contributed by atoms with Crippen molar-refractivity contribution in [2.75, 3.05) is 0 Å². The van der Waals surface area contributed by atoms with Crippen molar-refractivity contribution in [2.24, 2.45) is 0 Å². The zero-order chi connectivity index (χ0) is 10.9. The van der Waals surface area contributed by atoms with Crippen molar-refractivity contribution < 1.29 is 9.90 Å². The monoisotopic (exact) mass is 196 g/mol. The molecule has 1 rings (SSSR count). The molecular formula is C10H16N2O2. The van der Waals surface area contributed by atoms with Crippen LogP contribution in [0.25, 0.3) is 0 Å². The van der Waals surface area contributed by atoms with E-state index in [1.165, 1.54) is 0 Å². The summed E-state index contributed by atoms with van der Waals surface area (Å²) in [6, 6.07) is -0.589. The Hall–Kier alpha value is -1.32. The van der Waals surface area contributed by atoms with Gasteiger partial charge >= 0.3 is 5.97 Å². The number of aliphatic carboxylic acids is 1. The van der Waals surface area contributed by atoms with E-state index in [2.05, 4.69) is 5.10 Å². The first-order valence-corrected chi connectivity index (χ1v) is 4.76. The van der Waals surface area contributed by atoms with Crippen LogP contribution in [0.2, 0.25) is 0 Å². The van der Waals surface area contributed by atoms with Crippen LogP contribution in [0, 0.1) is 13.8 Å². The normalized spacial score (nSPS) is 12.9. The minimum atomic E-state index is -0.849. The van der Waals surface area contributed by atoms with Crippen molar-refractivity contribution in [1.82, 2.24) is 9.78 Å². The van der Waals surface area contributed by atoms with Crippen LogP contribution in [-0.4, -0.2) is 20.9 Å². The number of nitrogens with zero attached hydrogens (tertiary/aromatic N) is 2. The largest absolute Gasteiger partial charge is 0.480 e. The molecule has 0 amide bonds. The number of rotatable bonds is 3. The van der Waals surface area contributed by atoms with Gasteiger partial charge in [0.1, 0.15) is 6.04 Å². The zero-order valence-corrected chi connectivity index (χ0v) is 9.03. The summed E-state index contributed by atoms with van der Waals surface area (Å²) in [5.41, 5.74) is 3.04. The Kier molecular flexibility index (Phi) is 2.93. The SMILES string of the molecule is CCc1c(C)nn([C@@H](C)C(=O)O)c1C. The van der Waals surface area contributed by atoms with Gasteiger partial charge in [-0.05, 0) is 32.8 Å². The number of carboxylic acids is 1. The number of aromatic nitrogens is 2. The van der Waals surface area contributed by atoms with Gasteiger partial charge in [0.25, 0.3) is 0 Å². The van der Waals surface area contributed by atoms with Crippen LogP contribution >= 0.6 is 0 Å². The second-order valence-corrected chi connectivity index (χ2v) is 3.46. The third-order valence-corrected chi connectivity index (χ3v) is 2.55. The van der Waals surface area contributed by atoms with E-state index >= 15 is 0 Å². The first-order valence-electron chi connectivity index (χ1n) is 4.76. The van der Waals surface area contributed by atoms with Gasteiger partial charge in [-0.2, -0.15) is 5.10 Å². The van der Waals surface area contributed by atoms with Crippen LogP contribution in [0.1, 0.15) is 36.8 Å². The standard InChI is InChI=1S/C10H16N2O2/c1-5-9-6(2)11-12(7(9)3)8(4)10(13)14/h8H,5H2,1-4H3,(H,13,14)/t8-/m0/s1. The molecule has 0 bridgehead atoms. The van der Waals surface area contributed by atoms with Gasteiger partial charge in [0.05, 0.1) is 5.69 Å². The molecule has 0 radical (unpaired) electrons. The van der Waals surface area contributed by atoms with Crippen LogP contribution in [0.4, 0.5) is 0 Å². The molecule has 0 fully saturated rings. The lowest BCUT2D eigenvalue weighted by molar-refractivity contribution is -0.140. The molecule has 0 aliphatic heterocycles. The van der Waals surface area contributed by atoms with Gasteiger partial charge < -0.3 is 5.11 Å². The Morgan fingerprint density at radius 1 is 1.57 bits per heavy atom. The van der Waals surface area contributed by atoms with Crippen LogP contribution in [0.5, 0.6) is 0 Å². The topological polar surface area (TPSA) is 55.1 Å². The van der Waals surface area contributed by atoms with E-state index in [9.17, 15) is 4.79 Å². The van der Waals surface area contributed by atoms with Crippen molar-refractivity contribution in [3.63, 3.8) is 0 Å². The summed E-state index contributed by atoms with van der Waals surface area (Å²) in [7, 11) is 0. The van der Waals surface area contributed by atoms with Crippen molar-refractivity contribution >= 4 is 5.97 Å². The Morgan fingerprint density at radius 3 is 2.50 bits per heavy atom. The average molecular weight is 196 g/mol. The number of carboxylic acid groups (broad SMARTS) is 1. The Bertz CT molecular complexity index is 355. The quantitative estimate of drug-likeness (QED) is 0.800. The van der Waals surface area contributed by atoms with Gasteiger partial charge in [0, 0.05) is 5.69 Å². The molecule has 4 nitrogen and oxygen atoms in total. The first kappa shape index (κ1) is 10.8. The van der Waals surface area contributed by atoms with Crippen molar-refractivity contribution in [1.29, 1.82) is 0 Å². The molecule has 0 aromatic carbocycles. The minimum absolute atomic E-state index is 0.589. The molecule has 1 N–H and O–H groups in total. The summed E-state index contributed by atoms with van der Waals surface area (Å²) in [5.74, 6) is -0.849. The Labute approximate surface area is 83.5 Å². The van der Waals surface area contributed by atoms with E-state index in [1.54, 1.807) is 11.6 Å². The molecule has 4 heteroatoms. The molecule has 0 aliphatic rings. The van der Waals surface area contributed by atoms with Crippen LogP contribution in [0.15, 0.2) is 0 Å². The second kappa shape index (κ2) is 3.82. The molecule has 0 saturated heterocycles. The van der Waals surface area contributed by atoms with Crippen LogP contribution in [-0.2, 0) is 11.2 Å². The molecular weight excluding hydrogens is 180 g/mol. The Balaban J connectivity index is 3.17. The number of hydrogen-bond donors (Lipinski definition) is 1. The van der Waals surface area contributed by atoms with Crippen molar-refractivity contribution in [2.45, 2.75) is 40.2 Å². The average Bonchev–Trinajstić information content (AvgIpc) is 2.40. The highest BCUT2D eigenvalue weighted by molar-refractivity contribution is 5.71. The lowest BCUT2D eigenvalue weighted by Crippen LogP contribution is -2.18. The highest BCUT2D eigenvalue weighted by atomic mass is 16.4. The minimum Gasteiger partial charge on any atom is -0.480 e. The second-order valence-electron chi connectivity index (χ2n) is 3.46. The molecule has 14 heavy (non-hydrogen) atoms. The molecule has 78 valence electrons. The van der Waals surface area contributed by atoms with Gasteiger partial charge in [-0.25, -0.2) is 4.79 Å². The summed E-state index contributed by atoms with van der Waals surface area (Å²) in [4.78, 5) is 10.8. The van der Waals surface area contributed by atoms with E-state index in [4.69, 9.17) is 5.11 Å². The fourth-order valence-electron chi connectivity index (χ4n) is 1.69. The summed E-state index contributed by atoms with van der Waals surface area (Å²) in [6.45, 7) is 7.52. The number of aryl methyl sites for hydroxylation is 1. The maximum Gasteiger partial charge on any atom is 0.328 e.